The minimum absolute atomic E-state index is 0.0517. The Morgan fingerprint density at radius 1 is 1.08 bits per heavy atom. The maximum atomic E-state index is 12.8. The Morgan fingerprint density at radius 3 is 2.24 bits per heavy atom. The van der Waals surface area contributed by atoms with Crippen LogP contribution in [0.3, 0.4) is 0 Å². The van der Waals surface area contributed by atoms with Crippen molar-refractivity contribution >= 4 is 11.6 Å². The first-order valence-electron chi connectivity index (χ1n) is 8.20. The molecule has 1 atom stereocenters. The first-order chi connectivity index (χ1) is 12.0. The Morgan fingerprint density at radius 2 is 1.68 bits per heavy atom. The summed E-state index contributed by atoms with van der Waals surface area (Å²) >= 11 is 0. The van der Waals surface area contributed by atoms with E-state index in [-0.39, 0.29) is 11.9 Å². The molecule has 0 radical (unpaired) electrons. The molecule has 2 aromatic rings. The summed E-state index contributed by atoms with van der Waals surface area (Å²) in [6, 6.07) is 13.4. The zero-order valence-corrected chi connectivity index (χ0v) is 15.5. The predicted octanol–water partition coefficient (Wildman–Crippen LogP) is 3.12. The fraction of sp³-hybridized carbons (Fsp3) is 0.350. The molecule has 1 amide bonds. The topological polar surface area (TPSA) is 50.8 Å². The molecule has 0 aromatic heterocycles. The Bertz CT molecular complexity index is 714. The van der Waals surface area contributed by atoms with Crippen molar-refractivity contribution in [3.05, 3.63) is 53.6 Å². The second-order valence-electron chi connectivity index (χ2n) is 6.18. The minimum atomic E-state index is -0.269. The number of likely N-dealkylation sites (N-methyl/N-ethyl adjacent to an activating group) is 1. The molecule has 0 spiro atoms. The van der Waals surface area contributed by atoms with Crippen molar-refractivity contribution in [1.29, 1.82) is 0 Å². The summed E-state index contributed by atoms with van der Waals surface area (Å²) < 4.78 is 10.6. The summed E-state index contributed by atoms with van der Waals surface area (Å²) in [4.78, 5) is 14.8. The van der Waals surface area contributed by atoms with Gasteiger partial charge in [0.15, 0.2) is 11.5 Å². The molecule has 2 rings (SSSR count). The van der Waals surface area contributed by atoms with E-state index in [0.29, 0.717) is 17.9 Å². The number of ether oxygens (including phenoxy) is 2. The number of benzene rings is 2. The molecule has 0 fully saturated rings. The monoisotopic (exact) mass is 342 g/mol. The zero-order valence-electron chi connectivity index (χ0n) is 15.5. The second-order valence-corrected chi connectivity index (χ2v) is 6.18. The van der Waals surface area contributed by atoms with E-state index in [2.05, 4.69) is 5.32 Å². The lowest BCUT2D eigenvalue weighted by Crippen LogP contribution is -2.41. The highest BCUT2D eigenvalue weighted by molar-refractivity contribution is 5.96. The number of nitrogens with one attached hydrogen (secondary N) is 1. The van der Waals surface area contributed by atoms with Crippen LogP contribution >= 0.6 is 0 Å². The molecule has 0 saturated carbocycles. The third kappa shape index (κ3) is 4.73. The van der Waals surface area contributed by atoms with Crippen LogP contribution in [0.1, 0.15) is 11.1 Å². The number of anilines is 1. The third-order valence-corrected chi connectivity index (χ3v) is 4.19. The summed E-state index contributed by atoms with van der Waals surface area (Å²) in [5, 5.41) is 3.02. The van der Waals surface area contributed by atoms with Crippen LogP contribution < -0.4 is 14.8 Å². The van der Waals surface area contributed by atoms with Gasteiger partial charge in [-0.2, -0.15) is 0 Å². The van der Waals surface area contributed by atoms with Gasteiger partial charge in [-0.1, -0.05) is 30.3 Å². The summed E-state index contributed by atoms with van der Waals surface area (Å²) in [6.07, 6.45) is 0.645. The van der Waals surface area contributed by atoms with Gasteiger partial charge in [0.25, 0.3) is 0 Å². The second kappa shape index (κ2) is 8.53. The summed E-state index contributed by atoms with van der Waals surface area (Å²) in [5.74, 6) is 1.18. The maximum Gasteiger partial charge on any atom is 0.242 e. The Labute approximate surface area is 149 Å². The molecular weight excluding hydrogens is 316 g/mol. The SMILES string of the molecule is COc1cc(C)c(NC(=O)[C@H](Cc2ccccc2)N(C)C)cc1OC. The van der Waals surface area contributed by atoms with Crippen molar-refractivity contribution < 1.29 is 14.3 Å². The molecule has 25 heavy (non-hydrogen) atoms. The fourth-order valence-corrected chi connectivity index (χ4v) is 2.68. The number of hydrogen-bond acceptors (Lipinski definition) is 4. The normalized spacial score (nSPS) is 11.9. The van der Waals surface area contributed by atoms with Crippen LogP contribution in [0, 0.1) is 6.92 Å². The molecule has 1 N–H and O–H groups in total. The predicted molar refractivity (Wildman–Crippen MR) is 101 cm³/mol. The summed E-state index contributed by atoms with van der Waals surface area (Å²) in [7, 11) is 7.00. The Kier molecular flexibility index (Phi) is 6.42. The maximum absolute atomic E-state index is 12.8. The van der Waals surface area contributed by atoms with Crippen LogP contribution in [0.2, 0.25) is 0 Å². The molecule has 5 nitrogen and oxygen atoms in total. The Hall–Kier alpha value is -2.53. The van der Waals surface area contributed by atoms with Gasteiger partial charge < -0.3 is 14.8 Å². The standard InChI is InChI=1S/C20H26N2O3/c1-14-11-18(24-4)19(25-5)13-16(14)21-20(23)17(22(2)3)12-15-9-7-6-8-10-15/h6-11,13,17H,12H2,1-5H3,(H,21,23)/t17-/m0/s1. The van der Waals surface area contributed by atoms with Crippen LogP contribution in [0.5, 0.6) is 11.5 Å². The van der Waals surface area contributed by atoms with E-state index >= 15 is 0 Å². The lowest BCUT2D eigenvalue weighted by atomic mass is 10.0. The smallest absolute Gasteiger partial charge is 0.242 e. The van der Waals surface area contributed by atoms with Gasteiger partial charge in [0.2, 0.25) is 5.91 Å². The average Bonchev–Trinajstić information content (AvgIpc) is 2.61. The largest absolute Gasteiger partial charge is 0.493 e. The Balaban J connectivity index is 2.21. The van der Waals surface area contributed by atoms with Gasteiger partial charge in [-0.15, -0.1) is 0 Å². The highest BCUT2D eigenvalue weighted by Crippen LogP contribution is 2.33. The number of carbonyl (C=O) groups excluding carboxylic acids is 1. The number of rotatable bonds is 7. The van der Waals surface area contributed by atoms with Gasteiger partial charge in [-0.3, -0.25) is 9.69 Å². The number of carbonyl (C=O) groups is 1. The first-order valence-corrected chi connectivity index (χ1v) is 8.20. The van der Waals surface area contributed by atoms with Crippen LogP contribution in [0.25, 0.3) is 0 Å². The summed E-state index contributed by atoms with van der Waals surface area (Å²) in [5.41, 5.74) is 2.77. The number of hydrogen-bond donors (Lipinski definition) is 1. The quantitative estimate of drug-likeness (QED) is 0.840. The number of methoxy groups -OCH3 is 2. The van der Waals surface area contributed by atoms with Gasteiger partial charge in [0.1, 0.15) is 0 Å². The average molecular weight is 342 g/mol. The highest BCUT2D eigenvalue weighted by atomic mass is 16.5. The molecule has 0 aliphatic rings. The van der Waals surface area contributed by atoms with E-state index in [0.717, 1.165) is 16.8 Å². The molecule has 0 unspecified atom stereocenters. The van der Waals surface area contributed by atoms with Crippen molar-refractivity contribution in [2.24, 2.45) is 0 Å². The minimum Gasteiger partial charge on any atom is -0.493 e. The van der Waals surface area contributed by atoms with E-state index < -0.39 is 0 Å². The van der Waals surface area contributed by atoms with Gasteiger partial charge in [0.05, 0.1) is 20.3 Å². The van der Waals surface area contributed by atoms with E-state index in [9.17, 15) is 4.79 Å². The molecule has 5 heteroatoms. The molecule has 2 aromatic carbocycles. The van der Waals surface area contributed by atoms with E-state index in [1.54, 1.807) is 20.3 Å². The van der Waals surface area contributed by atoms with Crippen LogP contribution in [-0.2, 0) is 11.2 Å². The molecule has 0 bridgehead atoms. The fourth-order valence-electron chi connectivity index (χ4n) is 2.68. The highest BCUT2D eigenvalue weighted by Gasteiger charge is 2.22. The molecule has 0 heterocycles. The van der Waals surface area contributed by atoms with Crippen molar-refractivity contribution in [2.45, 2.75) is 19.4 Å². The zero-order chi connectivity index (χ0) is 18.4. The lowest BCUT2D eigenvalue weighted by Gasteiger charge is -2.24. The van der Waals surface area contributed by atoms with Crippen molar-refractivity contribution in [3.63, 3.8) is 0 Å². The molecular formula is C20H26N2O3. The van der Waals surface area contributed by atoms with Crippen LogP contribution in [0.15, 0.2) is 42.5 Å². The van der Waals surface area contributed by atoms with Gasteiger partial charge in [-0.05, 0) is 44.6 Å². The van der Waals surface area contributed by atoms with Gasteiger partial charge in [-0.25, -0.2) is 0 Å². The van der Waals surface area contributed by atoms with E-state index in [1.165, 1.54) is 0 Å². The number of aryl methyl sites for hydroxylation is 1. The molecule has 0 aliphatic heterocycles. The van der Waals surface area contributed by atoms with Gasteiger partial charge >= 0.3 is 0 Å². The van der Waals surface area contributed by atoms with E-state index in [1.807, 2.05) is 62.3 Å². The molecule has 0 aliphatic carbocycles. The van der Waals surface area contributed by atoms with Crippen molar-refractivity contribution in [3.8, 4) is 11.5 Å². The van der Waals surface area contributed by atoms with Crippen LogP contribution in [0.4, 0.5) is 5.69 Å². The molecule has 0 saturated heterocycles. The van der Waals surface area contributed by atoms with Crippen LogP contribution in [-0.4, -0.2) is 45.2 Å². The summed E-state index contributed by atoms with van der Waals surface area (Å²) in [6.45, 7) is 1.93. The first kappa shape index (κ1) is 18.8. The van der Waals surface area contributed by atoms with Crippen molar-refractivity contribution in [1.82, 2.24) is 4.90 Å². The van der Waals surface area contributed by atoms with E-state index in [4.69, 9.17) is 9.47 Å². The van der Waals surface area contributed by atoms with Gasteiger partial charge in [0, 0.05) is 11.8 Å². The number of amides is 1. The lowest BCUT2D eigenvalue weighted by molar-refractivity contribution is -0.120. The molecule has 134 valence electrons. The van der Waals surface area contributed by atoms with Crippen molar-refractivity contribution in [2.75, 3.05) is 33.6 Å². The third-order valence-electron chi connectivity index (χ3n) is 4.19. The number of nitrogens with zero attached hydrogens (tertiary/aromatic N) is 1.